The predicted molar refractivity (Wildman–Crippen MR) is 85.2 cm³/mol. The summed E-state index contributed by atoms with van der Waals surface area (Å²) in [6, 6.07) is 8.54. The second-order valence-corrected chi connectivity index (χ2v) is 6.57. The molecule has 1 saturated heterocycles. The lowest BCUT2D eigenvalue weighted by atomic mass is 9.95. The van der Waals surface area contributed by atoms with Crippen LogP contribution in [0.3, 0.4) is 0 Å². The standard InChI is InChI=1S/C18H27NO2/c1-13(2)16-7-4-15(5-8-16)6-9-18(21)19-11-10-14(3)17(20)12-19/h4-5,7-8,13-14,17,20H,6,9-12H2,1-3H3. The van der Waals surface area contributed by atoms with Gasteiger partial charge < -0.3 is 10.0 Å². The lowest BCUT2D eigenvalue weighted by Crippen LogP contribution is -2.45. The molecule has 1 aliphatic rings. The highest BCUT2D eigenvalue weighted by molar-refractivity contribution is 5.76. The molecule has 0 bridgehead atoms. The third-order valence-electron chi connectivity index (χ3n) is 4.55. The van der Waals surface area contributed by atoms with Crippen LogP contribution in [0.4, 0.5) is 0 Å². The zero-order chi connectivity index (χ0) is 15.4. The Hall–Kier alpha value is -1.35. The number of hydrogen-bond acceptors (Lipinski definition) is 2. The molecule has 0 aliphatic carbocycles. The number of carbonyl (C=O) groups excluding carboxylic acids is 1. The minimum absolute atomic E-state index is 0.161. The van der Waals surface area contributed by atoms with Crippen LogP contribution in [0.2, 0.25) is 0 Å². The van der Waals surface area contributed by atoms with Crippen molar-refractivity contribution < 1.29 is 9.90 Å². The molecule has 116 valence electrons. The minimum atomic E-state index is -0.368. The van der Waals surface area contributed by atoms with Gasteiger partial charge >= 0.3 is 0 Å². The average Bonchev–Trinajstić information content (AvgIpc) is 2.48. The van der Waals surface area contributed by atoms with E-state index in [0.717, 1.165) is 19.4 Å². The van der Waals surface area contributed by atoms with Crippen LogP contribution in [0.1, 0.15) is 50.7 Å². The SMILES string of the molecule is CC(C)c1ccc(CCC(=O)N2CCC(C)C(O)C2)cc1. The Labute approximate surface area is 128 Å². The van der Waals surface area contributed by atoms with Crippen molar-refractivity contribution in [3.05, 3.63) is 35.4 Å². The molecule has 21 heavy (non-hydrogen) atoms. The van der Waals surface area contributed by atoms with Crippen LogP contribution in [0.5, 0.6) is 0 Å². The quantitative estimate of drug-likeness (QED) is 0.925. The third kappa shape index (κ3) is 4.31. The van der Waals surface area contributed by atoms with Gasteiger partial charge in [-0.1, -0.05) is 45.0 Å². The van der Waals surface area contributed by atoms with E-state index in [0.29, 0.717) is 24.8 Å². The maximum Gasteiger partial charge on any atom is 0.222 e. The summed E-state index contributed by atoms with van der Waals surface area (Å²) in [6.45, 7) is 7.68. The topological polar surface area (TPSA) is 40.5 Å². The number of piperidine rings is 1. The number of benzene rings is 1. The van der Waals surface area contributed by atoms with E-state index in [4.69, 9.17) is 0 Å². The van der Waals surface area contributed by atoms with Gasteiger partial charge in [-0.3, -0.25) is 4.79 Å². The smallest absolute Gasteiger partial charge is 0.222 e. The summed E-state index contributed by atoms with van der Waals surface area (Å²) in [5, 5.41) is 9.87. The Morgan fingerprint density at radius 1 is 1.33 bits per heavy atom. The van der Waals surface area contributed by atoms with Gasteiger partial charge in [0.1, 0.15) is 0 Å². The van der Waals surface area contributed by atoms with Crippen molar-refractivity contribution in [2.24, 2.45) is 5.92 Å². The van der Waals surface area contributed by atoms with Crippen molar-refractivity contribution in [1.29, 1.82) is 0 Å². The van der Waals surface area contributed by atoms with Crippen LogP contribution in [0.15, 0.2) is 24.3 Å². The second-order valence-electron chi connectivity index (χ2n) is 6.57. The molecule has 2 unspecified atom stereocenters. The summed E-state index contributed by atoms with van der Waals surface area (Å²) in [5.74, 6) is 1.00. The van der Waals surface area contributed by atoms with E-state index < -0.39 is 0 Å². The van der Waals surface area contributed by atoms with Crippen LogP contribution in [0, 0.1) is 5.92 Å². The van der Waals surface area contributed by atoms with Crippen molar-refractivity contribution in [3.8, 4) is 0 Å². The number of aliphatic hydroxyl groups is 1. The van der Waals surface area contributed by atoms with Crippen LogP contribution in [0.25, 0.3) is 0 Å². The molecule has 1 fully saturated rings. The van der Waals surface area contributed by atoms with Gasteiger partial charge in [0.2, 0.25) is 5.91 Å². The number of rotatable bonds is 4. The number of β-amino-alcohol motifs (C(OH)–C–C–N with tert-alkyl or cyclic N) is 1. The summed E-state index contributed by atoms with van der Waals surface area (Å²) >= 11 is 0. The zero-order valence-corrected chi connectivity index (χ0v) is 13.4. The molecule has 1 amide bonds. The molecule has 1 aromatic rings. The molecular formula is C18H27NO2. The van der Waals surface area contributed by atoms with E-state index >= 15 is 0 Å². The molecule has 1 N–H and O–H groups in total. The van der Waals surface area contributed by atoms with Gasteiger partial charge in [-0.25, -0.2) is 0 Å². The molecule has 1 aromatic carbocycles. The van der Waals surface area contributed by atoms with Crippen molar-refractivity contribution in [2.45, 2.75) is 52.1 Å². The molecule has 2 atom stereocenters. The molecule has 3 heteroatoms. The van der Waals surface area contributed by atoms with Gasteiger partial charge in [-0.15, -0.1) is 0 Å². The van der Waals surface area contributed by atoms with Gasteiger partial charge in [-0.05, 0) is 35.8 Å². The van der Waals surface area contributed by atoms with Gasteiger partial charge in [0, 0.05) is 19.5 Å². The second kappa shape index (κ2) is 7.08. The molecule has 0 aromatic heterocycles. The predicted octanol–water partition coefficient (Wildman–Crippen LogP) is 2.97. The Bertz CT molecular complexity index is 467. The summed E-state index contributed by atoms with van der Waals surface area (Å²) in [6.07, 6.45) is 1.84. The first kappa shape index (κ1) is 16.0. The first-order valence-electron chi connectivity index (χ1n) is 8.02. The highest BCUT2D eigenvalue weighted by atomic mass is 16.3. The number of carbonyl (C=O) groups is 1. The minimum Gasteiger partial charge on any atom is -0.391 e. The fourth-order valence-corrected chi connectivity index (χ4v) is 2.75. The number of hydrogen-bond donors (Lipinski definition) is 1. The summed E-state index contributed by atoms with van der Waals surface area (Å²) in [7, 11) is 0. The number of aryl methyl sites for hydroxylation is 1. The lowest BCUT2D eigenvalue weighted by molar-refractivity contribution is -0.135. The Morgan fingerprint density at radius 3 is 2.57 bits per heavy atom. The summed E-state index contributed by atoms with van der Waals surface area (Å²) in [4.78, 5) is 14.0. The maximum absolute atomic E-state index is 12.2. The first-order valence-corrected chi connectivity index (χ1v) is 8.02. The van der Waals surface area contributed by atoms with E-state index in [1.807, 2.05) is 11.8 Å². The van der Waals surface area contributed by atoms with E-state index in [1.54, 1.807) is 0 Å². The first-order chi connectivity index (χ1) is 9.97. The molecule has 0 spiro atoms. The highest BCUT2D eigenvalue weighted by Crippen LogP contribution is 2.19. The molecule has 1 heterocycles. The van der Waals surface area contributed by atoms with Crippen LogP contribution in [-0.2, 0) is 11.2 Å². The van der Waals surface area contributed by atoms with E-state index in [1.165, 1.54) is 11.1 Å². The van der Waals surface area contributed by atoms with Gasteiger partial charge in [0.05, 0.1) is 6.10 Å². The van der Waals surface area contributed by atoms with Gasteiger partial charge in [0.25, 0.3) is 0 Å². The van der Waals surface area contributed by atoms with E-state index in [2.05, 4.69) is 38.1 Å². The Balaban J connectivity index is 1.83. The average molecular weight is 289 g/mol. The number of aliphatic hydroxyl groups excluding tert-OH is 1. The fourth-order valence-electron chi connectivity index (χ4n) is 2.75. The van der Waals surface area contributed by atoms with E-state index in [9.17, 15) is 9.90 Å². The largest absolute Gasteiger partial charge is 0.391 e. The zero-order valence-electron chi connectivity index (χ0n) is 13.4. The molecule has 3 nitrogen and oxygen atoms in total. The van der Waals surface area contributed by atoms with Crippen LogP contribution >= 0.6 is 0 Å². The molecule has 0 radical (unpaired) electrons. The van der Waals surface area contributed by atoms with Crippen molar-refractivity contribution >= 4 is 5.91 Å². The van der Waals surface area contributed by atoms with Crippen molar-refractivity contribution in [2.75, 3.05) is 13.1 Å². The van der Waals surface area contributed by atoms with Crippen LogP contribution in [-0.4, -0.2) is 35.1 Å². The monoisotopic (exact) mass is 289 g/mol. The van der Waals surface area contributed by atoms with E-state index in [-0.39, 0.29) is 12.0 Å². The van der Waals surface area contributed by atoms with Crippen LogP contribution < -0.4 is 0 Å². The Morgan fingerprint density at radius 2 is 2.00 bits per heavy atom. The number of likely N-dealkylation sites (tertiary alicyclic amines) is 1. The normalized spacial score (nSPS) is 22.6. The van der Waals surface area contributed by atoms with Crippen molar-refractivity contribution in [1.82, 2.24) is 4.90 Å². The maximum atomic E-state index is 12.2. The van der Waals surface area contributed by atoms with Crippen molar-refractivity contribution in [3.63, 3.8) is 0 Å². The molecule has 2 rings (SSSR count). The Kier molecular flexibility index (Phi) is 5.40. The van der Waals surface area contributed by atoms with Gasteiger partial charge in [0.15, 0.2) is 0 Å². The molecule has 0 saturated carbocycles. The fraction of sp³-hybridized carbons (Fsp3) is 0.611. The number of nitrogens with zero attached hydrogens (tertiary/aromatic N) is 1. The lowest BCUT2D eigenvalue weighted by Gasteiger charge is -2.34. The highest BCUT2D eigenvalue weighted by Gasteiger charge is 2.26. The molecule has 1 aliphatic heterocycles. The summed E-state index contributed by atoms with van der Waals surface area (Å²) < 4.78 is 0. The summed E-state index contributed by atoms with van der Waals surface area (Å²) in [5.41, 5.74) is 2.54. The third-order valence-corrected chi connectivity index (χ3v) is 4.55. The number of amides is 1. The molecular weight excluding hydrogens is 262 g/mol. The van der Waals surface area contributed by atoms with Gasteiger partial charge in [-0.2, -0.15) is 0 Å².